The average molecular weight is 698 g/mol. The molecule has 1 heteroatoms. The summed E-state index contributed by atoms with van der Waals surface area (Å²) in [7, 11) is 0. The van der Waals surface area contributed by atoms with Gasteiger partial charge in [-0.15, -0.1) is 0 Å². The number of fused-ring (bicyclic) bond motifs is 2. The molecule has 0 saturated heterocycles. The van der Waals surface area contributed by atoms with Crippen molar-refractivity contribution in [1.29, 1.82) is 0 Å². The molecule has 264 valence electrons. The Balaban J connectivity index is 1.08. The van der Waals surface area contributed by atoms with Crippen LogP contribution in [0.2, 0.25) is 0 Å². The Morgan fingerprint density at radius 2 is 0.981 bits per heavy atom. The van der Waals surface area contributed by atoms with Crippen LogP contribution in [0.1, 0.15) is 73.6 Å². The second kappa shape index (κ2) is 14.0. The van der Waals surface area contributed by atoms with E-state index >= 15 is 0 Å². The summed E-state index contributed by atoms with van der Waals surface area (Å²) in [6, 6.07) is 54.9. The lowest BCUT2D eigenvalue weighted by molar-refractivity contribution is 0.703. The minimum absolute atomic E-state index is 0.0749. The van der Waals surface area contributed by atoms with Gasteiger partial charge in [-0.05, 0) is 128 Å². The predicted octanol–water partition coefficient (Wildman–Crippen LogP) is 14.3. The molecule has 2 aliphatic carbocycles. The lowest BCUT2D eigenvalue weighted by Crippen LogP contribution is -2.16. The number of benzene rings is 6. The van der Waals surface area contributed by atoms with E-state index in [4.69, 9.17) is 0 Å². The summed E-state index contributed by atoms with van der Waals surface area (Å²) in [5.41, 5.74) is 18.5. The molecule has 2 aliphatic rings. The first-order valence-electron chi connectivity index (χ1n) is 19.0. The first kappa shape index (κ1) is 34.9. The van der Waals surface area contributed by atoms with Gasteiger partial charge in [-0.1, -0.05) is 162 Å². The molecule has 6 aromatic carbocycles. The lowest BCUT2D eigenvalue weighted by Gasteiger charge is -2.27. The number of hydrogen-bond acceptors (Lipinski definition) is 1. The number of hydrogen-bond donors (Lipinski definition) is 0. The van der Waals surface area contributed by atoms with Crippen LogP contribution in [0.25, 0.3) is 40.0 Å². The Labute approximate surface area is 321 Å². The summed E-state index contributed by atoms with van der Waals surface area (Å²) in [5.74, 6) is 0. The van der Waals surface area contributed by atoms with E-state index in [1.54, 1.807) is 0 Å². The molecule has 1 nitrogen and oxygen atoms in total. The molecule has 6 aromatic rings. The quantitative estimate of drug-likeness (QED) is 0.136. The van der Waals surface area contributed by atoms with Gasteiger partial charge in [0, 0.05) is 27.9 Å². The Morgan fingerprint density at radius 1 is 0.500 bits per heavy atom. The molecule has 54 heavy (non-hydrogen) atoms. The Morgan fingerprint density at radius 3 is 1.54 bits per heavy atom. The third-order valence-electron chi connectivity index (χ3n) is 11.5. The lowest BCUT2D eigenvalue weighted by atomic mass is 9.78. The molecule has 0 aliphatic heterocycles. The summed E-state index contributed by atoms with van der Waals surface area (Å²) < 4.78 is 0. The normalized spacial score (nSPS) is 15.6. The summed E-state index contributed by atoms with van der Waals surface area (Å²) in [6.07, 6.45) is 11.1. The van der Waals surface area contributed by atoms with Gasteiger partial charge in [0.05, 0.1) is 0 Å². The van der Waals surface area contributed by atoms with Crippen LogP contribution in [0.5, 0.6) is 0 Å². The standard InChI is InChI=1S/C53H47N/c1-7-38(42-25-27-44-35-48(40-17-11-8-12-18-40)52(3,4)50(44)33-42)24-23-37(2)54(46-21-15-10-16-22-46)47-31-29-39(30-32-47)43-26-28-45-36-49(41-19-13-9-14-20-41)53(5,6)51(45)34-43/h7-36H,1H2,2-6H3/b37-23+,38-24+. The van der Waals surface area contributed by atoms with E-state index in [0.29, 0.717) is 0 Å². The molecule has 0 amide bonds. The van der Waals surface area contributed by atoms with Gasteiger partial charge in [0.1, 0.15) is 0 Å². The Kier molecular flexibility index (Phi) is 9.04. The predicted molar refractivity (Wildman–Crippen MR) is 234 cm³/mol. The first-order chi connectivity index (χ1) is 26.1. The number of rotatable bonds is 9. The molecule has 0 aromatic heterocycles. The first-order valence-corrected chi connectivity index (χ1v) is 19.0. The summed E-state index contributed by atoms with van der Waals surface area (Å²) in [5, 5.41) is 0. The second-order valence-corrected chi connectivity index (χ2v) is 15.6. The monoisotopic (exact) mass is 697 g/mol. The fourth-order valence-electron chi connectivity index (χ4n) is 8.40. The van der Waals surface area contributed by atoms with Gasteiger partial charge in [0.15, 0.2) is 0 Å². The van der Waals surface area contributed by atoms with Crippen LogP contribution in [-0.2, 0) is 10.8 Å². The van der Waals surface area contributed by atoms with Crippen molar-refractivity contribution in [2.75, 3.05) is 4.90 Å². The van der Waals surface area contributed by atoms with Crippen LogP contribution in [0.3, 0.4) is 0 Å². The third-order valence-corrected chi connectivity index (χ3v) is 11.5. The highest BCUT2D eigenvalue weighted by atomic mass is 15.1. The van der Waals surface area contributed by atoms with Crippen molar-refractivity contribution in [1.82, 2.24) is 0 Å². The van der Waals surface area contributed by atoms with Crippen LogP contribution in [0.15, 0.2) is 182 Å². The van der Waals surface area contributed by atoms with Gasteiger partial charge in [-0.25, -0.2) is 0 Å². The smallest absolute Gasteiger partial charge is 0.0458 e. The number of allylic oxidation sites excluding steroid dienone is 7. The molecule has 8 rings (SSSR count). The van der Waals surface area contributed by atoms with E-state index in [9.17, 15) is 0 Å². The molecular formula is C53H47N. The van der Waals surface area contributed by atoms with Gasteiger partial charge in [-0.3, -0.25) is 0 Å². The van der Waals surface area contributed by atoms with E-state index < -0.39 is 0 Å². The highest BCUT2D eigenvalue weighted by Crippen LogP contribution is 2.49. The SMILES string of the molecule is C=C/C(=C\C=C(/C)N(c1ccccc1)c1ccc(-c2ccc3c(c2)C(C)(C)C(c2ccccc2)=C3)cc1)c1ccc2c(c1)C(C)(C)C(c1ccccc1)=C2. The number of para-hydroxylation sites is 1. The van der Waals surface area contributed by atoms with Gasteiger partial charge in [0.25, 0.3) is 0 Å². The average Bonchev–Trinajstić information content (AvgIpc) is 3.63. The zero-order chi connectivity index (χ0) is 37.5. The van der Waals surface area contributed by atoms with Crippen molar-refractivity contribution in [3.8, 4) is 11.1 Å². The van der Waals surface area contributed by atoms with Gasteiger partial charge < -0.3 is 4.90 Å². The molecule has 0 N–H and O–H groups in total. The van der Waals surface area contributed by atoms with Crippen molar-refractivity contribution in [2.24, 2.45) is 0 Å². The van der Waals surface area contributed by atoms with E-state index in [0.717, 1.165) is 22.6 Å². The molecule has 0 radical (unpaired) electrons. The Bertz CT molecular complexity index is 2470. The second-order valence-electron chi connectivity index (χ2n) is 15.6. The van der Waals surface area contributed by atoms with Crippen LogP contribution < -0.4 is 4.90 Å². The van der Waals surface area contributed by atoms with Crippen molar-refractivity contribution < 1.29 is 0 Å². The molecule has 0 saturated carbocycles. The maximum Gasteiger partial charge on any atom is 0.0458 e. The van der Waals surface area contributed by atoms with Gasteiger partial charge in [0.2, 0.25) is 0 Å². The Hall–Kier alpha value is -6.18. The molecule has 0 heterocycles. The van der Waals surface area contributed by atoms with Crippen molar-refractivity contribution in [2.45, 2.75) is 45.4 Å². The minimum Gasteiger partial charge on any atom is -0.315 e. The zero-order valence-electron chi connectivity index (χ0n) is 32.0. The molecule has 0 bridgehead atoms. The number of nitrogens with zero attached hydrogens (tertiary/aromatic N) is 1. The van der Waals surface area contributed by atoms with Crippen molar-refractivity contribution >= 4 is 40.2 Å². The third kappa shape index (κ3) is 6.31. The molecular weight excluding hydrogens is 651 g/mol. The van der Waals surface area contributed by atoms with E-state index in [2.05, 4.69) is 222 Å². The molecule has 0 unspecified atom stereocenters. The summed E-state index contributed by atoms with van der Waals surface area (Å²) >= 11 is 0. The highest BCUT2D eigenvalue weighted by Gasteiger charge is 2.35. The van der Waals surface area contributed by atoms with Crippen LogP contribution in [-0.4, -0.2) is 0 Å². The zero-order valence-corrected chi connectivity index (χ0v) is 32.0. The largest absolute Gasteiger partial charge is 0.315 e. The minimum atomic E-state index is -0.0982. The van der Waals surface area contributed by atoms with E-state index in [1.165, 1.54) is 61.2 Å². The maximum absolute atomic E-state index is 4.23. The van der Waals surface area contributed by atoms with E-state index in [1.807, 2.05) is 6.08 Å². The van der Waals surface area contributed by atoms with Gasteiger partial charge in [-0.2, -0.15) is 0 Å². The maximum atomic E-state index is 4.23. The highest BCUT2D eigenvalue weighted by molar-refractivity contribution is 5.96. The van der Waals surface area contributed by atoms with Crippen molar-refractivity contribution in [3.63, 3.8) is 0 Å². The van der Waals surface area contributed by atoms with Gasteiger partial charge >= 0.3 is 0 Å². The van der Waals surface area contributed by atoms with Crippen molar-refractivity contribution in [3.05, 3.63) is 221 Å². The van der Waals surface area contributed by atoms with Crippen LogP contribution in [0.4, 0.5) is 11.4 Å². The summed E-state index contributed by atoms with van der Waals surface area (Å²) in [4.78, 5) is 2.32. The fraction of sp³-hybridized carbons (Fsp3) is 0.132. The molecule has 0 fully saturated rings. The topological polar surface area (TPSA) is 3.24 Å². The summed E-state index contributed by atoms with van der Waals surface area (Å²) in [6.45, 7) is 15.8. The molecule has 0 atom stereocenters. The van der Waals surface area contributed by atoms with Crippen LogP contribution in [0, 0.1) is 0 Å². The number of anilines is 2. The molecule has 0 spiro atoms. The van der Waals surface area contributed by atoms with Crippen LogP contribution >= 0.6 is 0 Å². The van der Waals surface area contributed by atoms with E-state index in [-0.39, 0.29) is 10.8 Å². The fourth-order valence-corrected chi connectivity index (χ4v) is 8.40.